The number of rotatable bonds is 6. The van der Waals surface area contributed by atoms with E-state index < -0.39 is 13.0 Å². The maximum absolute atomic E-state index is 12.3. The predicted octanol–water partition coefficient (Wildman–Crippen LogP) is 3.19. The molecule has 1 fully saturated rings. The summed E-state index contributed by atoms with van der Waals surface area (Å²) < 4.78 is 24.5. The molecule has 0 bridgehead atoms. The summed E-state index contributed by atoms with van der Waals surface area (Å²) in [6.07, 6.45) is -0.299. The minimum absolute atomic E-state index is 0.0120. The van der Waals surface area contributed by atoms with Crippen molar-refractivity contribution in [3.8, 4) is 0 Å². The molecule has 1 aromatic carbocycles. The van der Waals surface area contributed by atoms with E-state index in [1.807, 2.05) is 31.2 Å². The smallest absolute Gasteiger partial charge is 0.255 e. The van der Waals surface area contributed by atoms with Crippen LogP contribution in [0.4, 0.5) is 8.78 Å². The molecule has 6 heteroatoms. The van der Waals surface area contributed by atoms with Crippen LogP contribution in [0, 0.1) is 0 Å². The molecule has 2 N–H and O–H groups in total. The van der Waals surface area contributed by atoms with Crippen molar-refractivity contribution in [2.75, 3.05) is 19.6 Å². The lowest BCUT2D eigenvalue weighted by Gasteiger charge is -2.16. The third-order valence-electron chi connectivity index (χ3n) is 3.60. The quantitative estimate of drug-likeness (QED) is 0.625. The van der Waals surface area contributed by atoms with Gasteiger partial charge in [0.15, 0.2) is 5.96 Å². The van der Waals surface area contributed by atoms with Crippen LogP contribution in [0.25, 0.3) is 0 Å². The Kier molecular flexibility index (Phi) is 5.39. The Morgan fingerprint density at radius 1 is 1.38 bits per heavy atom. The highest BCUT2D eigenvalue weighted by molar-refractivity contribution is 6.30. The van der Waals surface area contributed by atoms with Crippen LogP contribution in [0.5, 0.6) is 0 Å². The molecule has 0 aromatic heterocycles. The topological polar surface area (TPSA) is 36.4 Å². The molecule has 0 spiro atoms. The number of aliphatic imine (C=N–C) groups is 1. The lowest BCUT2D eigenvalue weighted by atomic mass is 9.96. The van der Waals surface area contributed by atoms with Gasteiger partial charge in [0.25, 0.3) is 6.43 Å². The lowest BCUT2D eigenvalue weighted by molar-refractivity contribution is 0.152. The zero-order chi connectivity index (χ0) is 15.3. The van der Waals surface area contributed by atoms with Crippen molar-refractivity contribution in [1.29, 1.82) is 0 Å². The minimum atomic E-state index is -2.39. The second-order valence-corrected chi connectivity index (χ2v) is 5.69. The summed E-state index contributed by atoms with van der Waals surface area (Å²) in [5, 5.41) is 6.34. The van der Waals surface area contributed by atoms with Gasteiger partial charge in [0.05, 0.1) is 13.1 Å². The lowest BCUT2D eigenvalue weighted by Crippen LogP contribution is -2.40. The Balaban J connectivity index is 2.02. The van der Waals surface area contributed by atoms with E-state index in [0.717, 1.165) is 12.8 Å². The monoisotopic (exact) mass is 315 g/mol. The van der Waals surface area contributed by atoms with Crippen LogP contribution in [0.15, 0.2) is 29.3 Å². The van der Waals surface area contributed by atoms with Crippen LogP contribution in [-0.2, 0) is 5.41 Å². The Hall–Kier alpha value is -1.36. The number of benzene rings is 1. The molecule has 0 atom stereocenters. The molecule has 0 heterocycles. The second kappa shape index (κ2) is 7.07. The number of guanidine groups is 1. The van der Waals surface area contributed by atoms with Crippen molar-refractivity contribution in [3.05, 3.63) is 34.9 Å². The molecule has 1 saturated carbocycles. The van der Waals surface area contributed by atoms with Gasteiger partial charge in [-0.25, -0.2) is 8.78 Å². The molecule has 2 rings (SSSR count). The number of nitrogens with zero attached hydrogens (tertiary/aromatic N) is 1. The fourth-order valence-electron chi connectivity index (χ4n) is 2.25. The Bertz CT molecular complexity index is 501. The Morgan fingerprint density at radius 3 is 2.71 bits per heavy atom. The first kappa shape index (κ1) is 16.0. The average Bonchev–Trinajstić information content (AvgIpc) is 3.23. The van der Waals surface area contributed by atoms with Crippen molar-refractivity contribution in [3.63, 3.8) is 0 Å². The molecule has 116 valence electrons. The van der Waals surface area contributed by atoms with Gasteiger partial charge in [-0.2, -0.15) is 0 Å². The van der Waals surface area contributed by atoms with Gasteiger partial charge in [-0.1, -0.05) is 23.7 Å². The highest BCUT2D eigenvalue weighted by atomic mass is 35.5. The Labute approximate surface area is 128 Å². The van der Waals surface area contributed by atoms with Gasteiger partial charge in [-0.3, -0.25) is 4.99 Å². The summed E-state index contributed by atoms with van der Waals surface area (Å²) in [6, 6.07) is 7.79. The van der Waals surface area contributed by atoms with Crippen LogP contribution in [0.1, 0.15) is 25.3 Å². The Morgan fingerprint density at radius 2 is 2.14 bits per heavy atom. The fourth-order valence-corrected chi connectivity index (χ4v) is 2.44. The SMILES string of the molecule is CCNC(=NCC1(c2cccc(Cl)c2)CC1)NCC(F)F. The zero-order valence-corrected chi connectivity index (χ0v) is 12.8. The van der Waals surface area contributed by atoms with Gasteiger partial charge >= 0.3 is 0 Å². The van der Waals surface area contributed by atoms with E-state index in [-0.39, 0.29) is 5.41 Å². The van der Waals surface area contributed by atoms with Gasteiger partial charge in [0.2, 0.25) is 0 Å². The fraction of sp³-hybridized carbons (Fsp3) is 0.533. The van der Waals surface area contributed by atoms with Gasteiger partial charge in [-0.15, -0.1) is 0 Å². The van der Waals surface area contributed by atoms with E-state index in [0.29, 0.717) is 24.1 Å². The molecule has 21 heavy (non-hydrogen) atoms. The number of alkyl halides is 2. The molecule has 1 aliphatic rings. The molecule has 0 saturated heterocycles. The summed E-state index contributed by atoms with van der Waals surface area (Å²) >= 11 is 6.03. The van der Waals surface area contributed by atoms with Crippen LogP contribution < -0.4 is 10.6 Å². The van der Waals surface area contributed by atoms with E-state index in [1.165, 1.54) is 5.56 Å². The molecule has 0 unspecified atom stereocenters. The number of hydrogen-bond acceptors (Lipinski definition) is 1. The normalized spacial score (nSPS) is 16.9. The van der Waals surface area contributed by atoms with E-state index in [9.17, 15) is 8.78 Å². The van der Waals surface area contributed by atoms with Gasteiger partial charge in [0.1, 0.15) is 0 Å². The van der Waals surface area contributed by atoms with Crippen LogP contribution in [-0.4, -0.2) is 32.0 Å². The van der Waals surface area contributed by atoms with Crippen molar-refractivity contribution in [1.82, 2.24) is 10.6 Å². The van der Waals surface area contributed by atoms with Crippen LogP contribution in [0.2, 0.25) is 5.02 Å². The molecule has 1 aliphatic carbocycles. The summed E-state index contributed by atoms with van der Waals surface area (Å²) in [5.74, 6) is 0.436. The molecule has 0 radical (unpaired) electrons. The average molecular weight is 316 g/mol. The van der Waals surface area contributed by atoms with Crippen molar-refractivity contribution in [2.45, 2.75) is 31.6 Å². The third kappa shape index (κ3) is 4.56. The highest BCUT2D eigenvalue weighted by Gasteiger charge is 2.44. The van der Waals surface area contributed by atoms with E-state index in [1.54, 1.807) is 0 Å². The van der Waals surface area contributed by atoms with Crippen molar-refractivity contribution in [2.24, 2.45) is 4.99 Å². The van der Waals surface area contributed by atoms with E-state index >= 15 is 0 Å². The van der Waals surface area contributed by atoms with Crippen LogP contribution in [0.3, 0.4) is 0 Å². The first-order valence-electron chi connectivity index (χ1n) is 7.12. The largest absolute Gasteiger partial charge is 0.357 e. The molecule has 0 aliphatic heterocycles. The highest BCUT2D eigenvalue weighted by Crippen LogP contribution is 2.48. The molecular formula is C15H20ClF2N3. The van der Waals surface area contributed by atoms with Gasteiger partial charge in [0, 0.05) is 17.0 Å². The number of hydrogen-bond donors (Lipinski definition) is 2. The maximum Gasteiger partial charge on any atom is 0.255 e. The second-order valence-electron chi connectivity index (χ2n) is 5.26. The zero-order valence-electron chi connectivity index (χ0n) is 12.0. The third-order valence-corrected chi connectivity index (χ3v) is 3.83. The molecule has 0 amide bonds. The summed E-state index contributed by atoms with van der Waals surface area (Å²) in [6.45, 7) is 2.73. The van der Waals surface area contributed by atoms with Crippen molar-refractivity contribution < 1.29 is 8.78 Å². The first-order chi connectivity index (χ1) is 10.1. The van der Waals surface area contributed by atoms with Crippen molar-refractivity contribution >= 4 is 17.6 Å². The predicted molar refractivity (Wildman–Crippen MR) is 82.3 cm³/mol. The first-order valence-corrected chi connectivity index (χ1v) is 7.50. The van der Waals surface area contributed by atoms with Gasteiger partial charge < -0.3 is 10.6 Å². The number of halogens is 3. The summed E-state index contributed by atoms with van der Waals surface area (Å²) in [4.78, 5) is 4.44. The van der Waals surface area contributed by atoms with Crippen LogP contribution >= 0.6 is 11.6 Å². The molecule has 1 aromatic rings. The molecule has 3 nitrogen and oxygen atoms in total. The summed E-state index contributed by atoms with van der Waals surface area (Å²) in [5.41, 5.74) is 1.18. The maximum atomic E-state index is 12.3. The number of nitrogens with one attached hydrogen (secondary N) is 2. The summed E-state index contributed by atoms with van der Waals surface area (Å²) in [7, 11) is 0. The van der Waals surface area contributed by atoms with Gasteiger partial charge in [-0.05, 0) is 37.5 Å². The molecular weight excluding hydrogens is 296 g/mol. The minimum Gasteiger partial charge on any atom is -0.357 e. The van der Waals surface area contributed by atoms with E-state index in [4.69, 9.17) is 11.6 Å². The standard InChI is InChI=1S/C15H20ClF2N3/c1-2-19-14(20-9-13(17)18)21-10-15(6-7-15)11-4-3-5-12(16)8-11/h3-5,8,13H,2,6-7,9-10H2,1H3,(H2,19,20,21). The van der Waals surface area contributed by atoms with E-state index in [2.05, 4.69) is 15.6 Å².